The third-order valence-electron chi connectivity index (χ3n) is 3.79. The number of rotatable bonds is 6. The largest absolute Gasteiger partial charge is 0.319 e. The van der Waals surface area contributed by atoms with Crippen LogP contribution in [0.15, 0.2) is 46.9 Å². The molecular formula is C18H21BrFN. The van der Waals surface area contributed by atoms with E-state index in [9.17, 15) is 4.39 Å². The highest BCUT2D eigenvalue weighted by molar-refractivity contribution is 9.10. The average Bonchev–Trinajstić information content (AvgIpc) is 2.44. The molecule has 0 saturated heterocycles. The number of nitrogens with one attached hydrogen (secondary N) is 1. The molecule has 0 heterocycles. The van der Waals surface area contributed by atoms with Gasteiger partial charge in [-0.15, -0.1) is 0 Å². The summed E-state index contributed by atoms with van der Waals surface area (Å²) in [5.74, 6) is 0.252. The first kappa shape index (κ1) is 16.2. The van der Waals surface area contributed by atoms with E-state index in [4.69, 9.17) is 0 Å². The minimum absolute atomic E-state index is 0.129. The Hall–Kier alpha value is -1.19. The lowest BCUT2D eigenvalue weighted by atomic mass is 9.90. The Kier molecular flexibility index (Phi) is 5.95. The maximum atomic E-state index is 14.0. The molecule has 1 nitrogen and oxygen atoms in total. The van der Waals surface area contributed by atoms with E-state index in [1.165, 1.54) is 11.1 Å². The monoisotopic (exact) mass is 349 g/mol. The summed E-state index contributed by atoms with van der Waals surface area (Å²) in [6.45, 7) is 3.01. The quantitative estimate of drug-likeness (QED) is 0.808. The molecule has 0 aliphatic carbocycles. The van der Waals surface area contributed by atoms with Crippen LogP contribution >= 0.6 is 15.9 Å². The molecule has 0 radical (unpaired) electrons. The zero-order valence-electron chi connectivity index (χ0n) is 12.5. The van der Waals surface area contributed by atoms with Gasteiger partial charge in [0, 0.05) is 4.47 Å². The van der Waals surface area contributed by atoms with Crippen molar-refractivity contribution < 1.29 is 4.39 Å². The highest BCUT2D eigenvalue weighted by Crippen LogP contribution is 2.21. The van der Waals surface area contributed by atoms with Crippen LogP contribution in [-0.4, -0.2) is 13.6 Å². The Morgan fingerprint density at radius 3 is 2.48 bits per heavy atom. The van der Waals surface area contributed by atoms with Crippen LogP contribution in [0.3, 0.4) is 0 Å². The molecule has 1 unspecified atom stereocenters. The third kappa shape index (κ3) is 4.65. The Bertz CT molecular complexity index is 598. The van der Waals surface area contributed by atoms with E-state index in [1.54, 1.807) is 6.07 Å². The maximum Gasteiger partial charge on any atom is 0.127 e. The smallest absolute Gasteiger partial charge is 0.127 e. The molecule has 0 bridgehead atoms. The van der Waals surface area contributed by atoms with Crippen molar-refractivity contribution in [3.63, 3.8) is 0 Å². The summed E-state index contributed by atoms with van der Waals surface area (Å²) in [5, 5.41) is 3.23. The molecule has 21 heavy (non-hydrogen) atoms. The maximum absolute atomic E-state index is 14.0. The van der Waals surface area contributed by atoms with E-state index in [1.807, 2.05) is 19.2 Å². The highest BCUT2D eigenvalue weighted by Gasteiger charge is 2.14. The van der Waals surface area contributed by atoms with Crippen LogP contribution in [-0.2, 0) is 12.8 Å². The van der Waals surface area contributed by atoms with Gasteiger partial charge in [0.1, 0.15) is 5.82 Å². The second-order valence-electron chi connectivity index (χ2n) is 5.49. The van der Waals surface area contributed by atoms with Crippen molar-refractivity contribution in [3.05, 3.63) is 69.4 Å². The van der Waals surface area contributed by atoms with E-state index >= 15 is 0 Å². The highest BCUT2D eigenvalue weighted by atomic mass is 79.9. The molecule has 2 aromatic rings. The molecule has 0 aliphatic rings. The van der Waals surface area contributed by atoms with Gasteiger partial charge in [0.05, 0.1) is 0 Å². The van der Waals surface area contributed by atoms with E-state index in [-0.39, 0.29) is 5.82 Å². The second kappa shape index (κ2) is 7.71. The lowest BCUT2D eigenvalue weighted by Gasteiger charge is -2.18. The molecule has 0 fully saturated rings. The number of benzene rings is 2. The van der Waals surface area contributed by atoms with Crippen LogP contribution in [0.1, 0.15) is 16.7 Å². The van der Waals surface area contributed by atoms with Crippen molar-refractivity contribution in [2.45, 2.75) is 19.8 Å². The molecule has 1 atom stereocenters. The van der Waals surface area contributed by atoms with E-state index < -0.39 is 0 Å². The predicted molar refractivity (Wildman–Crippen MR) is 90.1 cm³/mol. The van der Waals surface area contributed by atoms with Gasteiger partial charge in [-0.2, -0.15) is 0 Å². The van der Waals surface area contributed by atoms with Gasteiger partial charge in [-0.05, 0) is 68.1 Å². The summed E-state index contributed by atoms with van der Waals surface area (Å²) in [4.78, 5) is 0. The van der Waals surface area contributed by atoms with Crippen LogP contribution in [0.5, 0.6) is 0 Å². The Balaban J connectivity index is 2.14. The van der Waals surface area contributed by atoms with Crippen LogP contribution in [0.4, 0.5) is 4.39 Å². The van der Waals surface area contributed by atoms with Gasteiger partial charge in [-0.25, -0.2) is 4.39 Å². The molecule has 0 aliphatic heterocycles. The fourth-order valence-electron chi connectivity index (χ4n) is 2.65. The zero-order valence-corrected chi connectivity index (χ0v) is 14.1. The Labute approximate surface area is 134 Å². The van der Waals surface area contributed by atoms with Crippen molar-refractivity contribution in [2.75, 3.05) is 13.6 Å². The van der Waals surface area contributed by atoms with Gasteiger partial charge in [-0.1, -0.05) is 46.3 Å². The van der Waals surface area contributed by atoms with Gasteiger partial charge in [-0.3, -0.25) is 0 Å². The molecule has 2 aromatic carbocycles. The normalized spacial score (nSPS) is 12.4. The summed E-state index contributed by atoms with van der Waals surface area (Å²) < 4.78 is 14.8. The lowest BCUT2D eigenvalue weighted by molar-refractivity contribution is 0.479. The Morgan fingerprint density at radius 2 is 1.81 bits per heavy atom. The summed E-state index contributed by atoms with van der Waals surface area (Å²) >= 11 is 3.30. The summed E-state index contributed by atoms with van der Waals surface area (Å²) in [6, 6.07) is 13.7. The third-order valence-corrected chi connectivity index (χ3v) is 4.28. The molecule has 0 aromatic heterocycles. The molecule has 0 saturated carbocycles. The van der Waals surface area contributed by atoms with E-state index in [2.05, 4.69) is 52.4 Å². The van der Waals surface area contributed by atoms with Crippen molar-refractivity contribution in [2.24, 2.45) is 5.92 Å². The van der Waals surface area contributed by atoms with Crippen LogP contribution in [0.2, 0.25) is 0 Å². The van der Waals surface area contributed by atoms with Crippen molar-refractivity contribution in [1.29, 1.82) is 0 Å². The van der Waals surface area contributed by atoms with Crippen molar-refractivity contribution in [1.82, 2.24) is 5.32 Å². The molecule has 2 rings (SSSR count). The van der Waals surface area contributed by atoms with Crippen molar-refractivity contribution in [3.8, 4) is 0 Å². The van der Waals surface area contributed by atoms with Gasteiger partial charge < -0.3 is 5.32 Å². The van der Waals surface area contributed by atoms with Gasteiger partial charge >= 0.3 is 0 Å². The minimum Gasteiger partial charge on any atom is -0.319 e. The standard InChI is InChI=1S/C18H21BrFN/c1-13-5-3-4-6-15(13)9-14(12-21-2)10-16-7-8-17(19)11-18(16)20/h3-8,11,14,21H,9-10,12H2,1-2H3. The van der Waals surface area contributed by atoms with E-state index in [0.717, 1.165) is 29.4 Å². The molecular weight excluding hydrogens is 329 g/mol. The zero-order chi connectivity index (χ0) is 15.2. The van der Waals surface area contributed by atoms with Gasteiger partial charge in [0.25, 0.3) is 0 Å². The first-order chi connectivity index (χ1) is 10.1. The second-order valence-corrected chi connectivity index (χ2v) is 6.41. The summed E-state index contributed by atoms with van der Waals surface area (Å²) in [6.07, 6.45) is 1.71. The SMILES string of the molecule is CNCC(Cc1ccccc1C)Cc1ccc(Br)cc1F. The average molecular weight is 350 g/mol. The number of aryl methyl sites for hydroxylation is 1. The summed E-state index contributed by atoms with van der Waals surface area (Å²) in [5.41, 5.74) is 3.43. The molecule has 0 spiro atoms. The predicted octanol–water partition coefficient (Wildman–Crippen LogP) is 4.52. The Morgan fingerprint density at radius 1 is 1.10 bits per heavy atom. The molecule has 112 valence electrons. The van der Waals surface area contributed by atoms with E-state index in [0.29, 0.717) is 5.92 Å². The summed E-state index contributed by atoms with van der Waals surface area (Å²) in [7, 11) is 1.95. The number of hydrogen-bond donors (Lipinski definition) is 1. The van der Waals surface area contributed by atoms with Gasteiger partial charge in [0.15, 0.2) is 0 Å². The first-order valence-corrected chi connectivity index (χ1v) is 8.02. The van der Waals surface area contributed by atoms with Crippen LogP contribution in [0, 0.1) is 18.7 Å². The molecule has 3 heteroatoms. The van der Waals surface area contributed by atoms with Crippen LogP contribution < -0.4 is 5.32 Å². The fraction of sp³-hybridized carbons (Fsp3) is 0.333. The molecule has 1 N–H and O–H groups in total. The minimum atomic E-state index is -0.129. The number of hydrogen-bond acceptors (Lipinski definition) is 1. The molecule has 0 amide bonds. The van der Waals surface area contributed by atoms with Gasteiger partial charge in [0.2, 0.25) is 0 Å². The number of halogens is 2. The van der Waals surface area contributed by atoms with Crippen LogP contribution in [0.25, 0.3) is 0 Å². The first-order valence-electron chi connectivity index (χ1n) is 7.23. The topological polar surface area (TPSA) is 12.0 Å². The lowest BCUT2D eigenvalue weighted by Crippen LogP contribution is -2.23. The van der Waals surface area contributed by atoms with Crippen molar-refractivity contribution >= 4 is 15.9 Å². The fourth-order valence-corrected chi connectivity index (χ4v) is 2.99.